The van der Waals surface area contributed by atoms with Crippen LogP contribution in [0.4, 0.5) is 11.5 Å². The summed E-state index contributed by atoms with van der Waals surface area (Å²) in [5, 5.41) is 7.52. The fourth-order valence-electron chi connectivity index (χ4n) is 3.84. The number of anilines is 2. The number of nitrogens with two attached hydrogens (primary N) is 1. The lowest BCUT2D eigenvalue weighted by Gasteiger charge is -2.11. The molecular weight excluding hydrogens is 438 g/mol. The molecule has 0 fully saturated rings. The number of nitrogen functional groups attached to an aromatic ring is 1. The second-order valence-electron chi connectivity index (χ2n) is 8.36. The number of hydrogen-bond donors (Lipinski definition) is 2. The Morgan fingerprint density at radius 1 is 0.971 bits per heavy atom. The van der Waals surface area contributed by atoms with E-state index in [0.717, 1.165) is 16.8 Å². The zero-order valence-corrected chi connectivity index (χ0v) is 19.5. The van der Waals surface area contributed by atoms with Crippen LogP contribution in [-0.2, 0) is 6.54 Å². The van der Waals surface area contributed by atoms with Crippen LogP contribution in [0.5, 0.6) is 0 Å². The molecule has 8 nitrogen and oxygen atoms in total. The van der Waals surface area contributed by atoms with Gasteiger partial charge in [0.15, 0.2) is 5.65 Å². The van der Waals surface area contributed by atoms with Gasteiger partial charge in [-0.05, 0) is 35.4 Å². The molecule has 5 aromatic rings. The van der Waals surface area contributed by atoms with Gasteiger partial charge in [-0.2, -0.15) is 9.78 Å². The van der Waals surface area contributed by atoms with Gasteiger partial charge in [0, 0.05) is 26.3 Å². The normalized spacial score (nSPS) is 11.4. The third-order valence-corrected chi connectivity index (χ3v) is 5.73. The molecule has 1 amide bonds. The van der Waals surface area contributed by atoms with Crippen LogP contribution >= 0.6 is 0 Å². The molecule has 0 aliphatic heterocycles. The summed E-state index contributed by atoms with van der Waals surface area (Å²) >= 11 is 0. The third kappa shape index (κ3) is 4.41. The predicted octanol–water partition coefficient (Wildman–Crippen LogP) is 4.04. The highest BCUT2D eigenvalue weighted by atomic mass is 16.1. The molecule has 8 heteroatoms. The molecule has 3 aromatic carbocycles. The maximum Gasteiger partial charge on any atom is 0.257 e. The van der Waals surface area contributed by atoms with Crippen LogP contribution in [0.2, 0.25) is 0 Å². The molecule has 0 aliphatic carbocycles. The number of amides is 1. The number of carbonyl (C=O) groups is 1. The Balaban J connectivity index is 1.56. The molecule has 2 heterocycles. The lowest BCUT2D eigenvalue weighted by atomic mass is 10.2. The van der Waals surface area contributed by atoms with Crippen molar-refractivity contribution in [1.82, 2.24) is 20.0 Å². The number of aromatic nitrogens is 3. The molecule has 0 radical (unpaired) electrons. The number of nitrogens with zero attached hydrogens (tertiary/aromatic N) is 5. The van der Waals surface area contributed by atoms with E-state index in [2.05, 4.69) is 10.4 Å². The van der Waals surface area contributed by atoms with E-state index in [9.17, 15) is 4.79 Å². The summed E-state index contributed by atoms with van der Waals surface area (Å²) in [6.45, 7) is 0.369. The summed E-state index contributed by atoms with van der Waals surface area (Å²) in [7, 11) is 3.98. The van der Waals surface area contributed by atoms with Gasteiger partial charge in [-0.15, -0.1) is 0 Å². The molecule has 0 saturated heterocycles. The highest BCUT2D eigenvalue weighted by Crippen LogP contribution is 2.28. The number of nitrogens with one attached hydrogen (secondary N) is 1. The third-order valence-electron chi connectivity index (χ3n) is 5.73. The summed E-state index contributed by atoms with van der Waals surface area (Å²) in [5.74, 6) is -0.146. The first-order valence-electron chi connectivity index (χ1n) is 11.2. The smallest absolute Gasteiger partial charge is 0.257 e. The van der Waals surface area contributed by atoms with Crippen LogP contribution in [0.25, 0.3) is 22.2 Å². The second kappa shape index (κ2) is 9.26. The Bertz CT molecular complexity index is 1540. The maximum absolute atomic E-state index is 13.2. The summed E-state index contributed by atoms with van der Waals surface area (Å²) < 4.78 is 1.48. The van der Waals surface area contributed by atoms with Crippen molar-refractivity contribution in [2.75, 3.05) is 24.7 Å². The monoisotopic (exact) mass is 463 g/mol. The van der Waals surface area contributed by atoms with Gasteiger partial charge in [0.1, 0.15) is 16.9 Å². The van der Waals surface area contributed by atoms with Gasteiger partial charge in [0.25, 0.3) is 5.91 Å². The van der Waals surface area contributed by atoms with Crippen LogP contribution in [0.1, 0.15) is 21.5 Å². The summed E-state index contributed by atoms with van der Waals surface area (Å²) in [6, 6.07) is 25.1. The van der Waals surface area contributed by atoms with Gasteiger partial charge in [-0.1, -0.05) is 54.6 Å². The largest absolute Gasteiger partial charge is 0.383 e. The Kier molecular flexibility index (Phi) is 5.85. The number of para-hydroxylation sites is 2. The number of fused-ring (bicyclic) bond motifs is 2. The van der Waals surface area contributed by atoms with Gasteiger partial charge in [0.2, 0.25) is 0 Å². The number of carbonyl (C=O) groups excluding carboxylic acids is 1. The molecule has 3 N–H and O–H groups in total. The van der Waals surface area contributed by atoms with Crippen molar-refractivity contribution in [3.8, 4) is 0 Å². The van der Waals surface area contributed by atoms with Crippen molar-refractivity contribution >= 4 is 45.8 Å². The maximum atomic E-state index is 13.2. The quantitative estimate of drug-likeness (QED) is 0.370. The van der Waals surface area contributed by atoms with E-state index >= 15 is 0 Å². The van der Waals surface area contributed by atoms with Crippen LogP contribution in [-0.4, -0.2) is 40.9 Å². The van der Waals surface area contributed by atoms with E-state index in [1.165, 1.54) is 4.68 Å². The molecule has 174 valence electrons. The van der Waals surface area contributed by atoms with E-state index in [1.54, 1.807) is 6.21 Å². The number of hydrogen-bond acceptors (Lipinski definition) is 6. The van der Waals surface area contributed by atoms with E-state index < -0.39 is 0 Å². The van der Waals surface area contributed by atoms with Gasteiger partial charge < -0.3 is 16.0 Å². The first-order valence-corrected chi connectivity index (χ1v) is 11.2. The SMILES string of the molecule is CN(C)c1ccc(/C=N/n2c(N)c(C(=O)NCc3ccccc3)c3nc4ccccc4nc32)cc1. The van der Waals surface area contributed by atoms with Crippen molar-refractivity contribution in [3.63, 3.8) is 0 Å². The van der Waals surface area contributed by atoms with Crippen LogP contribution in [0.3, 0.4) is 0 Å². The Morgan fingerprint density at radius 3 is 2.31 bits per heavy atom. The lowest BCUT2D eigenvalue weighted by Crippen LogP contribution is -2.23. The van der Waals surface area contributed by atoms with Crippen molar-refractivity contribution in [1.29, 1.82) is 0 Å². The molecule has 5 rings (SSSR count). The highest BCUT2D eigenvalue weighted by Gasteiger charge is 2.24. The Hall–Kier alpha value is -4.72. The van der Waals surface area contributed by atoms with Gasteiger partial charge in [-0.25, -0.2) is 9.97 Å². The first-order chi connectivity index (χ1) is 17.0. The molecule has 0 bridgehead atoms. The van der Waals surface area contributed by atoms with Crippen LogP contribution in [0.15, 0.2) is 84.0 Å². The van der Waals surface area contributed by atoms with Crippen LogP contribution < -0.4 is 16.0 Å². The molecular formula is C27H25N7O. The molecule has 35 heavy (non-hydrogen) atoms. The zero-order chi connectivity index (χ0) is 24.4. The highest BCUT2D eigenvalue weighted by molar-refractivity contribution is 6.10. The van der Waals surface area contributed by atoms with Crippen molar-refractivity contribution in [2.45, 2.75) is 6.54 Å². The second-order valence-corrected chi connectivity index (χ2v) is 8.36. The zero-order valence-electron chi connectivity index (χ0n) is 19.5. The molecule has 0 spiro atoms. The Labute approximate surface area is 202 Å². The number of benzene rings is 3. The minimum Gasteiger partial charge on any atom is -0.383 e. The van der Waals surface area contributed by atoms with Gasteiger partial charge in [0.05, 0.1) is 17.2 Å². The molecule has 0 atom stereocenters. The van der Waals surface area contributed by atoms with E-state index in [4.69, 9.17) is 15.7 Å². The first kappa shape index (κ1) is 22.1. The predicted molar refractivity (Wildman–Crippen MR) is 141 cm³/mol. The summed E-state index contributed by atoms with van der Waals surface area (Å²) in [6.07, 6.45) is 1.69. The minimum absolute atomic E-state index is 0.182. The fourth-order valence-corrected chi connectivity index (χ4v) is 3.84. The topological polar surface area (TPSA) is 101 Å². The van der Waals surface area contributed by atoms with E-state index in [1.807, 2.05) is 97.9 Å². The fraction of sp³-hybridized carbons (Fsp3) is 0.111. The lowest BCUT2D eigenvalue weighted by molar-refractivity contribution is 0.0953. The van der Waals surface area contributed by atoms with Gasteiger partial charge >= 0.3 is 0 Å². The summed E-state index contributed by atoms with van der Waals surface area (Å²) in [5.41, 5.74) is 11.9. The average molecular weight is 464 g/mol. The summed E-state index contributed by atoms with van der Waals surface area (Å²) in [4.78, 5) is 24.7. The standard InChI is InChI=1S/C27H25N7O/c1-33(2)20-14-12-19(13-15-20)17-30-34-25(28)23(27(35)29-16-18-8-4-3-5-9-18)24-26(34)32-22-11-7-6-10-21(22)31-24/h3-15,17H,16,28H2,1-2H3,(H,29,35)/b30-17+. The minimum atomic E-state index is -0.328. The number of rotatable bonds is 6. The van der Waals surface area contributed by atoms with E-state index in [-0.39, 0.29) is 17.3 Å². The van der Waals surface area contributed by atoms with Crippen molar-refractivity contribution in [2.24, 2.45) is 5.10 Å². The van der Waals surface area contributed by atoms with Crippen LogP contribution in [0, 0.1) is 0 Å². The van der Waals surface area contributed by atoms with Crippen molar-refractivity contribution < 1.29 is 4.79 Å². The molecule has 0 saturated carbocycles. The molecule has 0 unspecified atom stereocenters. The van der Waals surface area contributed by atoms with Crippen molar-refractivity contribution in [3.05, 3.63) is 95.6 Å². The average Bonchev–Trinajstić information content (AvgIpc) is 3.15. The van der Waals surface area contributed by atoms with Gasteiger partial charge in [-0.3, -0.25) is 4.79 Å². The van der Waals surface area contributed by atoms with E-state index in [0.29, 0.717) is 28.7 Å². The Morgan fingerprint density at radius 2 is 1.63 bits per heavy atom. The molecule has 2 aromatic heterocycles. The molecule has 0 aliphatic rings.